The fourth-order valence-electron chi connectivity index (χ4n) is 2.53. The number of nitrogens with zero attached hydrogens (tertiary/aromatic N) is 1. The molecule has 0 heterocycles. The predicted molar refractivity (Wildman–Crippen MR) is 77.2 cm³/mol. The largest absolute Gasteiger partial charge is 0.396 e. The fraction of sp³-hybridized carbons (Fsp3) is 0.929. The van der Waals surface area contributed by atoms with Gasteiger partial charge in [-0.15, -0.1) is 0 Å². The van der Waals surface area contributed by atoms with Crippen molar-refractivity contribution in [3.8, 4) is 0 Å². The van der Waals surface area contributed by atoms with Gasteiger partial charge in [0.05, 0.1) is 0 Å². The molecule has 0 saturated heterocycles. The molecule has 1 saturated carbocycles. The van der Waals surface area contributed by atoms with Crippen LogP contribution in [0.15, 0.2) is 0 Å². The molecular weight excluding hydrogens is 242 g/mol. The van der Waals surface area contributed by atoms with Crippen LogP contribution in [0.2, 0.25) is 0 Å². The van der Waals surface area contributed by atoms with Crippen LogP contribution < -0.4 is 10.6 Å². The van der Waals surface area contributed by atoms with Crippen LogP contribution in [0.1, 0.15) is 39.0 Å². The highest BCUT2D eigenvalue weighted by Crippen LogP contribution is 2.21. The molecule has 1 atom stereocenters. The molecular formula is C14H29N3O2. The molecule has 1 fully saturated rings. The number of rotatable bonds is 8. The summed E-state index contributed by atoms with van der Waals surface area (Å²) >= 11 is 0. The van der Waals surface area contributed by atoms with Gasteiger partial charge in [0.1, 0.15) is 0 Å². The summed E-state index contributed by atoms with van der Waals surface area (Å²) in [4.78, 5) is 13.9. The van der Waals surface area contributed by atoms with Gasteiger partial charge in [-0.25, -0.2) is 4.79 Å². The van der Waals surface area contributed by atoms with Gasteiger partial charge < -0.3 is 20.6 Å². The molecule has 5 nitrogen and oxygen atoms in total. The number of aliphatic hydroxyl groups is 1. The molecule has 0 spiro atoms. The predicted octanol–water partition coefficient (Wildman–Crippen LogP) is 1.18. The lowest BCUT2D eigenvalue weighted by atomic mass is 10.1. The average molecular weight is 271 g/mol. The van der Waals surface area contributed by atoms with Gasteiger partial charge in [0.25, 0.3) is 0 Å². The Morgan fingerprint density at radius 2 is 2.05 bits per heavy atom. The average Bonchev–Trinajstić information content (AvgIpc) is 2.90. The monoisotopic (exact) mass is 271 g/mol. The molecule has 1 rings (SSSR count). The van der Waals surface area contributed by atoms with Gasteiger partial charge in [-0.05, 0) is 32.2 Å². The van der Waals surface area contributed by atoms with Crippen molar-refractivity contribution in [1.29, 1.82) is 0 Å². The summed E-state index contributed by atoms with van der Waals surface area (Å²) < 4.78 is 0. The summed E-state index contributed by atoms with van der Waals surface area (Å²) in [6, 6.07) is 0.596. The van der Waals surface area contributed by atoms with E-state index in [1.165, 1.54) is 25.7 Å². The third-order valence-electron chi connectivity index (χ3n) is 3.93. The topological polar surface area (TPSA) is 64.6 Å². The summed E-state index contributed by atoms with van der Waals surface area (Å²) in [5.41, 5.74) is 0. The second-order valence-electron chi connectivity index (χ2n) is 5.67. The third-order valence-corrected chi connectivity index (χ3v) is 3.93. The number of hydrogen-bond acceptors (Lipinski definition) is 3. The highest BCUT2D eigenvalue weighted by molar-refractivity contribution is 5.73. The van der Waals surface area contributed by atoms with E-state index in [0.717, 1.165) is 13.0 Å². The number of aliphatic hydroxyl groups excluding tert-OH is 1. The maximum Gasteiger partial charge on any atom is 0.314 e. The van der Waals surface area contributed by atoms with E-state index in [2.05, 4.69) is 22.6 Å². The Kier molecular flexibility index (Phi) is 7.82. The Morgan fingerprint density at radius 1 is 1.37 bits per heavy atom. The zero-order valence-electron chi connectivity index (χ0n) is 12.3. The van der Waals surface area contributed by atoms with E-state index >= 15 is 0 Å². The van der Waals surface area contributed by atoms with Gasteiger partial charge in [-0.3, -0.25) is 0 Å². The summed E-state index contributed by atoms with van der Waals surface area (Å²) in [7, 11) is 2.14. The molecule has 0 aromatic rings. The van der Waals surface area contributed by atoms with Crippen molar-refractivity contribution in [2.75, 3.05) is 33.3 Å². The molecule has 112 valence electrons. The first kappa shape index (κ1) is 16.2. The minimum absolute atomic E-state index is 0.107. The molecule has 0 aromatic heterocycles. The lowest BCUT2D eigenvalue weighted by molar-refractivity contribution is 0.224. The van der Waals surface area contributed by atoms with Crippen LogP contribution in [0.25, 0.3) is 0 Å². The van der Waals surface area contributed by atoms with Crippen LogP contribution in [0.3, 0.4) is 0 Å². The van der Waals surface area contributed by atoms with Crippen molar-refractivity contribution >= 4 is 6.03 Å². The van der Waals surface area contributed by atoms with Gasteiger partial charge in [-0.2, -0.15) is 0 Å². The molecule has 0 aromatic carbocycles. The van der Waals surface area contributed by atoms with E-state index < -0.39 is 0 Å². The quantitative estimate of drug-likeness (QED) is 0.621. The van der Waals surface area contributed by atoms with Crippen LogP contribution in [0, 0.1) is 5.92 Å². The SMILES string of the molecule is CC(CCO)CNC(=O)NCCN(C)C1CCCC1. The molecule has 5 heteroatoms. The fourth-order valence-corrected chi connectivity index (χ4v) is 2.53. The number of amides is 2. The van der Waals surface area contributed by atoms with E-state index in [9.17, 15) is 4.79 Å². The zero-order valence-corrected chi connectivity index (χ0v) is 12.3. The highest BCUT2D eigenvalue weighted by Gasteiger charge is 2.18. The molecule has 0 radical (unpaired) electrons. The molecule has 0 aliphatic heterocycles. The molecule has 0 bridgehead atoms. The molecule has 1 aliphatic rings. The molecule has 2 amide bonds. The van der Waals surface area contributed by atoms with Crippen molar-refractivity contribution in [2.45, 2.75) is 45.1 Å². The summed E-state index contributed by atoms with van der Waals surface area (Å²) in [6.45, 7) is 4.41. The van der Waals surface area contributed by atoms with Gasteiger partial charge in [0, 0.05) is 32.3 Å². The van der Waals surface area contributed by atoms with Crippen LogP contribution in [-0.4, -0.2) is 55.4 Å². The van der Waals surface area contributed by atoms with Crippen molar-refractivity contribution < 1.29 is 9.90 Å². The number of likely N-dealkylation sites (N-methyl/N-ethyl adjacent to an activating group) is 1. The number of carbonyl (C=O) groups is 1. The minimum atomic E-state index is -0.107. The number of hydrogen-bond donors (Lipinski definition) is 3. The smallest absolute Gasteiger partial charge is 0.314 e. The second kappa shape index (κ2) is 9.15. The molecule has 3 N–H and O–H groups in total. The first-order chi connectivity index (χ1) is 9.13. The van der Waals surface area contributed by atoms with Crippen molar-refractivity contribution in [2.24, 2.45) is 5.92 Å². The maximum atomic E-state index is 11.6. The van der Waals surface area contributed by atoms with Gasteiger partial charge in [-0.1, -0.05) is 19.8 Å². The van der Waals surface area contributed by atoms with Crippen molar-refractivity contribution in [3.63, 3.8) is 0 Å². The lowest BCUT2D eigenvalue weighted by Gasteiger charge is -2.24. The standard InChI is InChI=1S/C14H29N3O2/c1-12(7-10-18)11-16-14(19)15-8-9-17(2)13-5-3-4-6-13/h12-13,18H,3-11H2,1-2H3,(H2,15,16,19). The lowest BCUT2D eigenvalue weighted by Crippen LogP contribution is -2.42. The Morgan fingerprint density at radius 3 is 2.68 bits per heavy atom. The third kappa shape index (κ3) is 6.78. The Hall–Kier alpha value is -0.810. The molecule has 19 heavy (non-hydrogen) atoms. The normalized spacial score (nSPS) is 17.7. The van der Waals surface area contributed by atoms with Gasteiger partial charge in [0.15, 0.2) is 0 Å². The molecule has 1 aliphatic carbocycles. The summed E-state index contributed by atoms with van der Waals surface area (Å²) in [6.07, 6.45) is 5.99. The van der Waals surface area contributed by atoms with Crippen molar-refractivity contribution in [3.05, 3.63) is 0 Å². The molecule has 1 unspecified atom stereocenters. The Labute approximate surface area is 116 Å². The number of carbonyl (C=O) groups excluding carboxylic acids is 1. The maximum absolute atomic E-state index is 11.6. The number of urea groups is 1. The van der Waals surface area contributed by atoms with Crippen LogP contribution in [0.5, 0.6) is 0 Å². The van der Waals surface area contributed by atoms with Crippen LogP contribution in [0.4, 0.5) is 4.79 Å². The van der Waals surface area contributed by atoms with E-state index in [4.69, 9.17) is 5.11 Å². The van der Waals surface area contributed by atoms with E-state index in [0.29, 0.717) is 25.0 Å². The second-order valence-corrected chi connectivity index (χ2v) is 5.67. The zero-order chi connectivity index (χ0) is 14.1. The Bertz CT molecular complexity index is 255. The van der Waals surface area contributed by atoms with Crippen molar-refractivity contribution in [1.82, 2.24) is 15.5 Å². The minimum Gasteiger partial charge on any atom is -0.396 e. The van der Waals surface area contributed by atoms with Gasteiger partial charge in [0.2, 0.25) is 0 Å². The van der Waals surface area contributed by atoms with Crippen LogP contribution in [-0.2, 0) is 0 Å². The van der Waals surface area contributed by atoms with Gasteiger partial charge >= 0.3 is 6.03 Å². The Balaban J connectivity index is 2.03. The summed E-state index contributed by atoms with van der Waals surface area (Å²) in [5, 5.41) is 14.5. The first-order valence-corrected chi connectivity index (χ1v) is 7.46. The van der Waals surface area contributed by atoms with E-state index in [1.54, 1.807) is 0 Å². The highest BCUT2D eigenvalue weighted by atomic mass is 16.3. The number of nitrogens with one attached hydrogen (secondary N) is 2. The van der Waals surface area contributed by atoms with E-state index in [-0.39, 0.29) is 12.6 Å². The van der Waals surface area contributed by atoms with E-state index in [1.807, 2.05) is 6.92 Å². The summed E-state index contributed by atoms with van der Waals surface area (Å²) in [5.74, 6) is 0.317. The first-order valence-electron chi connectivity index (χ1n) is 7.46. The van der Waals surface area contributed by atoms with Crippen LogP contribution >= 0.6 is 0 Å².